The average molecular weight is 450 g/mol. The lowest BCUT2D eigenvalue weighted by Gasteiger charge is -2.31. The maximum absolute atomic E-state index is 4.94. The Kier molecular flexibility index (Phi) is 7.34. The predicted octanol–water partition coefficient (Wildman–Crippen LogP) is 4.48. The summed E-state index contributed by atoms with van der Waals surface area (Å²) in [4.78, 5) is 20.3. The Morgan fingerprint density at radius 2 is 1.94 bits per heavy atom. The zero-order valence-corrected chi connectivity index (χ0v) is 18.9. The van der Waals surface area contributed by atoms with Crippen LogP contribution in [0.2, 0.25) is 0 Å². The number of rotatable bonds is 8. The lowest BCUT2D eigenvalue weighted by atomic mass is 9.98. The summed E-state index contributed by atoms with van der Waals surface area (Å²) in [7, 11) is 0. The van der Waals surface area contributed by atoms with Gasteiger partial charge in [0.2, 0.25) is 5.95 Å². The summed E-state index contributed by atoms with van der Waals surface area (Å²) in [5, 5.41) is 13.4. The van der Waals surface area contributed by atoms with Gasteiger partial charge in [-0.05, 0) is 49.1 Å². The second kappa shape index (κ2) is 10.8. The SMILES string of the molecule is CCc1cnc(N2CCC(c3nc(CNc4ccc(N=CN=NN)cc4)cs3)CC2)nc1. The van der Waals surface area contributed by atoms with Crippen LogP contribution in [0.15, 0.2) is 57.4 Å². The van der Waals surface area contributed by atoms with Crippen LogP contribution in [0.4, 0.5) is 17.3 Å². The molecule has 4 rings (SSSR count). The summed E-state index contributed by atoms with van der Waals surface area (Å²) in [6.45, 7) is 4.74. The van der Waals surface area contributed by atoms with E-state index in [1.54, 1.807) is 11.3 Å². The van der Waals surface area contributed by atoms with Gasteiger partial charge in [-0.3, -0.25) is 0 Å². The molecule has 0 unspecified atom stereocenters. The molecule has 166 valence electrons. The minimum atomic E-state index is 0.503. The number of nitrogens with two attached hydrogens (primary N) is 1. The Bertz CT molecular complexity index is 1040. The van der Waals surface area contributed by atoms with Crippen LogP contribution in [-0.2, 0) is 13.0 Å². The van der Waals surface area contributed by atoms with Crippen molar-refractivity contribution in [1.82, 2.24) is 15.0 Å². The van der Waals surface area contributed by atoms with Crippen molar-refractivity contribution in [2.75, 3.05) is 23.3 Å². The monoisotopic (exact) mass is 449 g/mol. The molecule has 10 heteroatoms. The van der Waals surface area contributed by atoms with E-state index in [9.17, 15) is 0 Å². The quantitative estimate of drug-likeness (QED) is 0.172. The molecule has 1 saturated heterocycles. The Morgan fingerprint density at radius 1 is 1.19 bits per heavy atom. The molecule has 9 nitrogen and oxygen atoms in total. The van der Waals surface area contributed by atoms with Gasteiger partial charge < -0.3 is 16.1 Å². The molecular weight excluding hydrogens is 422 g/mol. The fourth-order valence-corrected chi connectivity index (χ4v) is 4.58. The van der Waals surface area contributed by atoms with E-state index in [1.165, 1.54) is 16.9 Å². The summed E-state index contributed by atoms with van der Waals surface area (Å²) in [5.41, 5.74) is 4.04. The summed E-state index contributed by atoms with van der Waals surface area (Å²) in [6, 6.07) is 7.77. The summed E-state index contributed by atoms with van der Waals surface area (Å²) < 4.78 is 0. The van der Waals surface area contributed by atoms with Gasteiger partial charge in [-0.25, -0.2) is 19.9 Å². The molecule has 3 N–H and O–H groups in total. The normalized spacial score (nSPS) is 15.1. The minimum Gasteiger partial charge on any atom is -0.379 e. The summed E-state index contributed by atoms with van der Waals surface area (Å²) in [6.07, 6.45) is 8.30. The Labute approximate surface area is 191 Å². The number of benzene rings is 1. The summed E-state index contributed by atoms with van der Waals surface area (Å²) >= 11 is 1.76. The molecule has 0 amide bonds. The zero-order chi connectivity index (χ0) is 22.2. The number of aliphatic imine (C=N–C) groups is 1. The molecule has 0 aliphatic carbocycles. The number of aryl methyl sites for hydroxylation is 1. The van der Waals surface area contributed by atoms with Crippen molar-refractivity contribution in [1.29, 1.82) is 0 Å². The third-order valence-electron chi connectivity index (χ3n) is 5.46. The number of anilines is 2. The van der Waals surface area contributed by atoms with E-state index in [4.69, 9.17) is 10.8 Å². The largest absolute Gasteiger partial charge is 0.379 e. The highest BCUT2D eigenvalue weighted by Gasteiger charge is 2.24. The summed E-state index contributed by atoms with van der Waals surface area (Å²) in [5.74, 6) is 6.29. The molecule has 0 spiro atoms. The van der Waals surface area contributed by atoms with Crippen LogP contribution in [0.1, 0.15) is 41.9 Å². The van der Waals surface area contributed by atoms with Gasteiger partial charge in [0.15, 0.2) is 0 Å². The maximum Gasteiger partial charge on any atom is 0.225 e. The second-order valence-corrected chi connectivity index (χ2v) is 8.45. The van der Waals surface area contributed by atoms with Crippen LogP contribution in [0.3, 0.4) is 0 Å². The molecule has 1 fully saturated rings. The van der Waals surface area contributed by atoms with Crippen molar-refractivity contribution < 1.29 is 0 Å². The molecule has 1 aliphatic rings. The smallest absolute Gasteiger partial charge is 0.225 e. The van der Waals surface area contributed by atoms with Gasteiger partial charge in [0.25, 0.3) is 0 Å². The molecule has 0 bridgehead atoms. The number of nitrogens with one attached hydrogen (secondary N) is 1. The first kappa shape index (κ1) is 21.8. The second-order valence-electron chi connectivity index (χ2n) is 7.56. The number of aromatic nitrogens is 3. The van der Waals surface area contributed by atoms with Crippen LogP contribution in [0.5, 0.6) is 0 Å². The number of nitrogens with zero attached hydrogens (tertiary/aromatic N) is 7. The lowest BCUT2D eigenvalue weighted by Crippen LogP contribution is -2.34. The molecule has 3 heterocycles. The molecule has 1 aromatic carbocycles. The molecule has 32 heavy (non-hydrogen) atoms. The van der Waals surface area contributed by atoms with E-state index in [0.717, 1.165) is 55.4 Å². The molecule has 1 aliphatic heterocycles. The molecule has 0 saturated carbocycles. The highest BCUT2D eigenvalue weighted by Crippen LogP contribution is 2.31. The van der Waals surface area contributed by atoms with Crippen molar-refractivity contribution in [3.05, 3.63) is 58.3 Å². The molecule has 2 aromatic heterocycles. The van der Waals surface area contributed by atoms with E-state index in [0.29, 0.717) is 12.5 Å². The third kappa shape index (κ3) is 5.64. The minimum absolute atomic E-state index is 0.503. The molecular formula is C22H27N9S. The molecule has 0 radical (unpaired) electrons. The van der Waals surface area contributed by atoms with Crippen molar-refractivity contribution in [2.24, 2.45) is 21.2 Å². The van der Waals surface area contributed by atoms with E-state index in [-0.39, 0.29) is 0 Å². The van der Waals surface area contributed by atoms with Crippen LogP contribution < -0.4 is 16.1 Å². The number of hydrogen-bond donors (Lipinski definition) is 2. The highest BCUT2D eigenvalue weighted by atomic mass is 32.1. The fourth-order valence-electron chi connectivity index (χ4n) is 3.59. The average Bonchev–Trinajstić information content (AvgIpc) is 3.33. The predicted molar refractivity (Wildman–Crippen MR) is 129 cm³/mol. The van der Waals surface area contributed by atoms with Crippen molar-refractivity contribution in [3.8, 4) is 0 Å². The van der Waals surface area contributed by atoms with E-state index < -0.39 is 0 Å². The van der Waals surface area contributed by atoms with Crippen molar-refractivity contribution in [2.45, 2.75) is 38.6 Å². The highest BCUT2D eigenvalue weighted by molar-refractivity contribution is 7.09. The van der Waals surface area contributed by atoms with Crippen LogP contribution >= 0.6 is 11.3 Å². The van der Waals surface area contributed by atoms with E-state index in [1.807, 2.05) is 36.7 Å². The standard InChI is InChI=1S/C22H27N9S/c1-2-16-11-25-22(26-12-16)31-9-7-17(8-10-31)21-29-20(14-32-21)13-24-18-3-5-19(6-4-18)27-15-28-30-23/h3-6,11-12,14-15,17,24H,2,7-10,13H2,1H3,(H2,23,27,28). The van der Waals surface area contributed by atoms with Crippen LogP contribution in [0.25, 0.3) is 0 Å². The van der Waals surface area contributed by atoms with Gasteiger partial charge in [-0.2, -0.15) is 0 Å². The number of piperidine rings is 1. The first-order valence-corrected chi connectivity index (χ1v) is 11.6. The van der Waals surface area contributed by atoms with Crippen LogP contribution in [0, 0.1) is 0 Å². The van der Waals surface area contributed by atoms with Gasteiger partial charge in [-0.1, -0.05) is 12.1 Å². The maximum atomic E-state index is 4.94. The van der Waals surface area contributed by atoms with Gasteiger partial charge in [0, 0.05) is 42.5 Å². The van der Waals surface area contributed by atoms with Crippen LogP contribution in [-0.4, -0.2) is 34.4 Å². The first-order chi connectivity index (χ1) is 15.7. The molecule has 3 aromatic rings. The first-order valence-electron chi connectivity index (χ1n) is 10.7. The van der Waals surface area contributed by atoms with Gasteiger partial charge >= 0.3 is 0 Å². The Morgan fingerprint density at radius 3 is 2.62 bits per heavy atom. The fraction of sp³-hybridized carbons (Fsp3) is 0.364. The third-order valence-corrected chi connectivity index (χ3v) is 6.52. The van der Waals surface area contributed by atoms with Crippen molar-refractivity contribution >= 4 is 35.0 Å². The van der Waals surface area contributed by atoms with Gasteiger partial charge in [0.05, 0.1) is 22.9 Å². The van der Waals surface area contributed by atoms with E-state index in [2.05, 4.69) is 47.8 Å². The zero-order valence-electron chi connectivity index (χ0n) is 18.1. The number of hydrogen-bond acceptors (Lipinski definition) is 8. The van der Waals surface area contributed by atoms with Crippen molar-refractivity contribution in [3.63, 3.8) is 0 Å². The number of thiazole rings is 1. The van der Waals surface area contributed by atoms with Gasteiger partial charge in [0.1, 0.15) is 6.34 Å². The Balaban J connectivity index is 1.27. The lowest BCUT2D eigenvalue weighted by molar-refractivity contribution is 0.497. The van der Waals surface area contributed by atoms with E-state index >= 15 is 0 Å². The topological polar surface area (TPSA) is 117 Å². The van der Waals surface area contributed by atoms with Gasteiger partial charge in [-0.15, -0.1) is 16.5 Å². The Hall–Kier alpha value is -3.40. The molecule has 0 atom stereocenters.